The Bertz CT molecular complexity index is 2420. The highest BCUT2D eigenvalue weighted by Crippen LogP contribution is 2.26. The van der Waals surface area contributed by atoms with E-state index >= 15 is 0 Å². The highest BCUT2D eigenvalue weighted by atomic mass is 35.5. The summed E-state index contributed by atoms with van der Waals surface area (Å²) in [6.07, 6.45) is 7.28. The maximum atomic E-state index is 12.2. The van der Waals surface area contributed by atoms with E-state index in [1.807, 2.05) is 38.1 Å². The molecule has 21 heteroatoms. The quantitative estimate of drug-likeness (QED) is 0.120. The third-order valence-electron chi connectivity index (χ3n) is 7.05. The number of aromatic nitrogens is 9. The van der Waals surface area contributed by atoms with Gasteiger partial charge in [-0.25, -0.2) is 28.4 Å². The molecule has 6 aromatic rings. The number of nitrogen functional groups attached to an aromatic ring is 1. The number of nitrogens with zero attached hydrogens (tertiary/aromatic N) is 9. The highest BCUT2D eigenvalue weighted by Gasteiger charge is 2.20. The summed E-state index contributed by atoms with van der Waals surface area (Å²) >= 11 is 5.80. The third-order valence-corrected chi connectivity index (χ3v) is 8.36. The minimum Gasteiger partial charge on any atom is -0.384 e. The molecule has 7 N–H and O–H groups in total. The predicted octanol–water partition coefficient (Wildman–Crippen LogP) is 4.13. The molecule has 0 aliphatic heterocycles. The Balaban J connectivity index is 0.000000219. The number of carbonyl (C=O) groups excluding carboxylic acids is 2. The number of nitrogens with one attached hydrogen (secondary N) is 5. The minimum atomic E-state index is -3.55. The van der Waals surface area contributed by atoms with Crippen LogP contribution in [0.25, 0.3) is 0 Å². The molecular formula is C35H38ClN15O4S. The highest BCUT2D eigenvalue weighted by molar-refractivity contribution is 7.90. The summed E-state index contributed by atoms with van der Waals surface area (Å²) in [6.45, 7) is 5.61. The smallest absolute Gasteiger partial charge is 0.273 e. The van der Waals surface area contributed by atoms with Gasteiger partial charge in [0.25, 0.3) is 11.8 Å². The topological polar surface area (TPSA) is 270 Å². The Morgan fingerprint density at radius 3 is 1.91 bits per heavy atom. The summed E-state index contributed by atoms with van der Waals surface area (Å²) < 4.78 is 24.1. The zero-order valence-electron chi connectivity index (χ0n) is 31.0. The van der Waals surface area contributed by atoms with E-state index in [4.69, 9.17) is 17.3 Å². The molecule has 0 spiro atoms. The number of nitrogens with two attached hydrogens (primary N) is 1. The van der Waals surface area contributed by atoms with Gasteiger partial charge in [-0.2, -0.15) is 0 Å². The van der Waals surface area contributed by atoms with Crippen LogP contribution in [0, 0.1) is 20.8 Å². The van der Waals surface area contributed by atoms with Crippen molar-refractivity contribution in [2.45, 2.75) is 25.7 Å². The van der Waals surface area contributed by atoms with Crippen LogP contribution in [0.15, 0.2) is 84.3 Å². The molecule has 0 unspecified atom stereocenters. The van der Waals surface area contributed by atoms with Crippen LogP contribution in [-0.4, -0.2) is 85.9 Å². The predicted molar refractivity (Wildman–Crippen MR) is 212 cm³/mol. The fourth-order valence-corrected chi connectivity index (χ4v) is 5.39. The third kappa shape index (κ3) is 12.0. The number of hydrogen-bond donors (Lipinski definition) is 6. The molecule has 0 bridgehead atoms. The van der Waals surface area contributed by atoms with Gasteiger partial charge in [-0.3, -0.25) is 14.6 Å². The molecular weight excluding hydrogens is 762 g/mol. The van der Waals surface area contributed by atoms with Gasteiger partial charge < -0.3 is 32.3 Å². The van der Waals surface area contributed by atoms with E-state index in [-0.39, 0.29) is 44.7 Å². The van der Waals surface area contributed by atoms with Crippen molar-refractivity contribution in [3.63, 3.8) is 0 Å². The Morgan fingerprint density at radius 2 is 1.32 bits per heavy atom. The van der Waals surface area contributed by atoms with Gasteiger partial charge in [-0.05, 0) is 56.7 Å². The fraction of sp³-hybridized carbons (Fsp3) is 0.171. The van der Waals surface area contributed by atoms with E-state index in [1.54, 1.807) is 25.4 Å². The van der Waals surface area contributed by atoms with Crippen molar-refractivity contribution >= 4 is 73.7 Å². The number of hydrogen-bond acceptors (Lipinski definition) is 17. The van der Waals surface area contributed by atoms with Crippen LogP contribution in [0.3, 0.4) is 0 Å². The summed E-state index contributed by atoms with van der Waals surface area (Å²) in [5, 5.41) is 29.4. The first-order valence-electron chi connectivity index (χ1n) is 16.4. The van der Waals surface area contributed by atoms with Crippen molar-refractivity contribution in [2.75, 3.05) is 42.0 Å². The number of halogens is 1. The van der Waals surface area contributed by atoms with Crippen molar-refractivity contribution in [1.82, 2.24) is 55.9 Å². The number of pyridine rings is 3. The van der Waals surface area contributed by atoms with E-state index in [2.05, 4.69) is 71.9 Å². The first-order chi connectivity index (χ1) is 26.7. The molecule has 6 heterocycles. The van der Waals surface area contributed by atoms with Crippen LogP contribution < -0.4 is 32.3 Å². The number of rotatable bonds is 9. The first kappa shape index (κ1) is 41.8. The van der Waals surface area contributed by atoms with Gasteiger partial charge in [0.2, 0.25) is 0 Å². The molecule has 0 fully saturated rings. The molecule has 6 rings (SSSR count). The van der Waals surface area contributed by atoms with Crippen LogP contribution in [0.4, 0.5) is 40.5 Å². The van der Waals surface area contributed by atoms with Crippen LogP contribution in [0.1, 0.15) is 37.9 Å². The molecule has 0 aromatic carbocycles. The van der Waals surface area contributed by atoms with Crippen LogP contribution in [-0.2, 0) is 9.84 Å². The van der Waals surface area contributed by atoms with Crippen molar-refractivity contribution in [3.8, 4) is 0 Å². The van der Waals surface area contributed by atoms with E-state index in [0.717, 1.165) is 17.5 Å². The second-order valence-electron chi connectivity index (χ2n) is 11.5. The first-order valence-corrected chi connectivity index (χ1v) is 18.7. The number of anilines is 7. The minimum absolute atomic E-state index is 0.0151. The van der Waals surface area contributed by atoms with Gasteiger partial charge in [0, 0.05) is 56.8 Å². The lowest BCUT2D eigenvalue weighted by Gasteiger charge is -2.13. The normalized spacial score (nSPS) is 10.4. The van der Waals surface area contributed by atoms with E-state index in [1.165, 1.54) is 50.8 Å². The second-order valence-corrected chi connectivity index (χ2v) is 13.9. The molecule has 2 amide bonds. The summed E-state index contributed by atoms with van der Waals surface area (Å²) in [4.78, 5) is 44.4. The largest absolute Gasteiger partial charge is 0.384 e. The van der Waals surface area contributed by atoms with Gasteiger partial charge >= 0.3 is 0 Å². The van der Waals surface area contributed by atoms with Crippen molar-refractivity contribution in [3.05, 3.63) is 113 Å². The summed E-state index contributed by atoms with van der Waals surface area (Å²) in [7, 11) is -0.580. The molecule has 0 aliphatic carbocycles. The maximum Gasteiger partial charge on any atom is 0.273 e. The molecule has 0 radical (unpaired) electrons. The van der Waals surface area contributed by atoms with Gasteiger partial charge in [0.15, 0.2) is 32.2 Å². The number of carbonyl (C=O) groups is 2. The standard InChI is InChI=1S/C17H18N8O3S.C12H12ClN5O.C6H8N2/c1-10-8-19-9-14(21-10)23-13-7-11(15(25-24-13)17(26)18-2)22-16-12(29(3,27)28)5-4-6-20-16;1-7-4-3-5-15-11(7)16-8-6-9(13)17-18-10(8)12(19)14-2;1-5-3-2-4-6(7)8-5/h4-9H,1-3H3,(H,18,26)(H2,20,21,22,23,24);3-6H,1-2H3,(H,14,19)(H,15,16,17);2-4H,1H3,(H2,7,8). The van der Waals surface area contributed by atoms with Gasteiger partial charge in [-0.15, -0.1) is 20.4 Å². The lowest BCUT2D eigenvalue weighted by molar-refractivity contribution is 0.0950. The van der Waals surface area contributed by atoms with Crippen LogP contribution in [0.5, 0.6) is 0 Å². The van der Waals surface area contributed by atoms with Gasteiger partial charge in [-0.1, -0.05) is 23.7 Å². The second kappa shape index (κ2) is 19.4. The average Bonchev–Trinajstić information content (AvgIpc) is 3.16. The van der Waals surface area contributed by atoms with Gasteiger partial charge in [0.05, 0.1) is 23.3 Å². The Labute approximate surface area is 327 Å². The van der Waals surface area contributed by atoms with E-state index in [0.29, 0.717) is 28.8 Å². The SMILES string of the molecule is CNC(=O)c1nnc(Cl)cc1Nc1ncccc1C.CNC(=O)c1nnc(Nc2cncc(C)n2)cc1Nc1ncccc1S(C)(=O)=O.Cc1cccc(N)n1. The molecule has 56 heavy (non-hydrogen) atoms. The molecule has 0 saturated heterocycles. The summed E-state index contributed by atoms with van der Waals surface area (Å²) in [5.74, 6) is 1.15. The lowest BCUT2D eigenvalue weighted by Crippen LogP contribution is -2.22. The van der Waals surface area contributed by atoms with Crippen LogP contribution >= 0.6 is 11.6 Å². The lowest BCUT2D eigenvalue weighted by atomic mass is 10.2. The van der Waals surface area contributed by atoms with Crippen molar-refractivity contribution < 1.29 is 18.0 Å². The molecule has 0 aliphatic rings. The van der Waals surface area contributed by atoms with Crippen LogP contribution in [0.2, 0.25) is 5.15 Å². The zero-order valence-corrected chi connectivity index (χ0v) is 32.6. The zero-order chi connectivity index (χ0) is 40.8. The Morgan fingerprint density at radius 1 is 0.696 bits per heavy atom. The van der Waals surface area contributed by atoms with E-state index in [9.17, 15) is 18.0 Å². The summed E-state index contributed by atoms with van der Waals surface area (Å²) in [6, 6.07) is 15.3. The molecule has 0 atom stereocenters. The average molecular weight is 800 g/mol. The van der Waals surface area contributed by atoms with Crippen molar-refractivity contribution in [1.29, 1.82) is 0 Å². The van der Waals surface area contributed by atoms with E-state index < -0.39 is 15.7 Å². The van der Waals surface area contributed by atoms with Gasteiger partial charge in [0.1, 0.15) is 28.2 Å². The monoisotopic (exact) mass is 799 g/mol. The Kier molecular flexibility index (Phi) is 14.5. The molecule has 290 valence electrons. The number of sulfone groups is 1. The van der Waals surface area contributed by atoms with Crippen molar-refractivity contribution in [2.24, 2.45) is 0 Å². The number of amides is 2. The number of aryl methyl sites for hydroxylation is 3. The molecule has 6 aromatic heterocycles. The molecule has 19 nitrogen and oxygen atoms in total. The fourth-order valence-electron chi connectivity index (χ4n) is 4.46. The Hall–Kier alpha value is -6.93. The molecule has 0 saturated carbocycles. The summed E-state index contributed by atoms with van der Waals surface area (Å²) in [5.41, 5.74) is 8.76. The maximum absolute atomic E-state index is 12.2.